The molecule has 0 fully saturated rings. The Bertz CT molecular complexity index is 849. The minimum absolute atomic E-state index is 0.299. The first kappa shape index (κ1) is 15.9. The molecule has 1 aromatic carbocycles. The van der Waals surface area contributed by atoms with Crippen LogP contribution < -0.4 is 5.32 Å². The summed E-state index contributed by atoms with van der Waals surface area (Å²) in [5, 5.41) is 15.2. The molecule has 2 heterocycles. The highest BCUT2D eigenvalue weighted by molar-refractivity contribution is 6.03. The van der Waals surface area contributed by atoms with E-state index in [4.69, 9.17) is 0 Å². The van der Waals surface area contributed by atoms with Crippen molar-refractivity contribution in [1.29, 1.82) is 0 Å². The lowest BCUT2D eigenvalue weighted by molar-refractivity contribution is 0.102. The van der Waals surface area contributed by atoms with Crippen molar-refractivity contribution in [3.8, 4) is 0 Å². The number of nitrogens with zero attached hydrogens (tertiary/aromatic N) is 5. The first-order valence-electron chi connectivity index (χ1n) is 7.88. The van der Waals surface area contributed by atoms with Crippen molar-refractivity contribution in [2.75, 3.05) is 5.32 Å². The van der Waals surface area contributed by atoms with Crippen LogP contribution in [0.2, 0.25) is 0 Å². The number of nitrogens with one attached hydrogen (secondary N) is 1. The Kier molecular flexibility index (Phi) is 4.41. The molecule has 0 saturated heterocycles. The van der Waals surface area contributed by atoms with Crippen molar-refractivity contribution < 1.29 is 4.79 Å². The van der Waals surface area contributed by atoms with Crippen LogP contribution in [0.15, 0.2) is 36.4 Å². The summed E-state index contributed by atoms with van der Waals surface area (Å²) in [4.78, 5) is 12.4. The van der Waals surface area contributed by atoms with Gasteiger partial charge in [0.15, 0.2) is 11.5 Å². The van der Waals surface area contributed by atoms with Gasteiger partial charge in [-0.05, 0) is 26.3 Å². The largest absolute Gasteiger partial charge is 0.304 e. The van der Waals surface area contributed by atoms with Crippen LogP contribution in [0.1, 0.15) is 34.4 Å². The van der Waals surface area contributed by atoms with Gasteiger partial charge < -0.3 is 5.32 Å². The minimum atomic E-state index is -0.299. The fraction of sp³-hybridized carbons (Fsp3) is 0.294. The third-order valence-corrected chi connectivity index (χ3v) is 3.90. The number of hydrogen-bond donors (Lipinski definition) is 1. The van der Waals surface area contributed by atoms with E-state index >= 15 is 0 Å². The summed E-state index contributed by atoms with van der Waals surface area (Å²) in [7, 11) is 0. The Morgan fingerprint density at radius 3 is 2.58 bits per heavy atom. The molecule has 3 rings (SSSR count). The summed E-state index contributed by atoms with van der Waals surface area (Å²) in [5.41, 5.74) is 3.14. The maximum atomic E-state index is 12.4. The maximum absolute atomic E-state index is 12.4. The molecule has 124 valence electrons. The van der Waals surface area contributed by atoms with Crippen molar-refractivity contribution >= 4 is 11.7 Å². The number of carbonyl (C=O) groups excluding carboxylic acids is 1. The van der Waals surface area contributed by atoms with Crippen LogP contribution in [0.25, 0.3) is 0 Å². The Balaban J connectivity index is 1.76. The predicted molar refractivity (Wildman–Crippen MR) is 90.9 cm³/mol. The maximum Gasteiger partial charge on any atom is 0.279 e. The predicted octanol–water partition coefficient (Wildman–Crippen LogP) is 2.41. The zero-order chi connectivity index (χ0) is 17.1. The SMILES string of the molecule is CCn1nc(NC(=O)c2nnn(Cc3ccccc3)c2C)cc1C. The molecule has 0 spiro atoms. The number of amides is 1. The van der Waals surface area contributed by atoms with Crippen molar-refractivity contribution in [2.24, 2.45) is 0 Å². The van der Waals surface area contributed by atoms with Crippen LogP contribution in [0.3, 0.4) is 0 Å². The summed E-state index contributed by atoms with van der Waals surface area (Å²) >= 11 is 0. The second-order valence-corrected chi connectivity index (χ2v) is 5.61. The van der Waals surface area contributed by atoms with E-state index < -0.39 is 0 Å². The van der Waals surface area contributed by atoms with Gasteiger partial charge in [-0.25, -0.2) is 4.68 Å². The number of hydrogen-bond acceptors (Lipinski definition) is 4. The highest BCUT2D eigenvalue weighted by Crippen LogP contribution is 2.12. The number of aromatic nitrogens is 5. The molecule has 24 heavy (non-hydrogen) atoms. The van der Waals surface area contributed by atoms with Gasteiger partial charge in [-0.2, -0.15) is 5.10 Å². The van der Waals surface area contributed by atoms with Crippen LogP contribution >= 0.6 is 0 Å². The van der Waals surface area contributed by atoms with Crippen molar-refractivity contribution in [3.05, 3.63) is 59.0 Å². The lowest BCUT2D eigenvalue weighted by atomic mass is 10.2. The van der Waals surface area contributed by atoms with E-state index in [0.717, 1.165) is 23.5 Å². The Morgan fingerprint density at radius 1 is 1.17 bits per heavy atom. The van der Waals surface area contributed by atoms with E-state index in [-0.39, 0.29) is 5.91 Å². The molecule has 0 aliphatic rings. The second-order valence-electron chi connectivity index (χ2n) is 5.61. The summed E-state index contributed by atoms with van der Waals surface area (Å²) in [5.74, 6) is 0.226. The van der Waals surface area contributed by atoms with E-state index in [1.165, 1.54) is 0 Å². The zero-order valence-corrected chi connectivity index (χ0v) is 14.0. The summed E-state index contributed by atoms with van der Waals surface area (Å²) in [6.07, 6.45) is 0. The third kappa shape index (κ3) is 3.19. The van der Waals surface area contributed by atoms with Gasteiger partial charge in [-0.1, -0.05) is 35.5 Å². The molecular weight excluding hydrogens is 304 g/mol. The summed E-state index contributed by atoms with van der Waals surface area (Å²) < 4.78 is 3.55. The van der Waals surface area contributed by atoms with E-state index in [1.807, 2.05) is 61.9 Å². The standard InChI is InChI=1S/C17H20N6O/c1-4-22-12(2)10-15(20-22)18-17(24)16-13(3)23(21-19-16)11-14-8-6-5-7-9-14/h5-10H,4,11H2,1-3H3,(H,18,20,24). The van der Waals surface area contributed by atoms with E-state index in [1.54, 1.807) is 4.68 Å². The quantitative estimate of drug-likeness (QED) is 0.782. The molecule has 0 bridgehead atoms. The molecule has 0 aliphatic carbocycles. The van der Waals surface area contributed by atoms with Crippen LogP contribution in [0.4, 0.5) is 5.82 Å². The van der Waals surface area contributed by atoms with Crippen LogP contribution in [0.5, 0.6) is 0 Å². The van der Waals surface area contributed by atoms with Crippen molar-refractivity contribution in [3.63, 3.8) is 0 Å². The fourth-order valence-electron chi connectivity index (χ4n) is 2.54. The number of benzene rings is 1. The first-order valence-corrected chi connectivity index (χ1v) is 7.88. The van der Waals surface area contributed by atoms with Crippen LogP contribution in [0, 0.1) is 13.8 Å². The smallest absolute Gasteiger partial charge is 0.279 e. The second kappa shape index (κ2) is 6.66. The van der Waals surface area contributed by atoms with Gasteiger partial charge in [0.25, 0.3) is 5.91 Å². The first-order chi connectivity index (χ1) is 11.6. The molecule has 1 amide bonds. The topological polar surface area (TPSA) is 77.6 Å². The van der Waals surface area contributed by atoms with Crippen molar-refractivity contribution in [2.45, 2.75) is 33.9 Å². The monoisotopic (exact) mass is 324 g/mol. The molecule has 7 heteroatoms. The molecule has 3 aromatic rings. The molecular formula is C17H20N6O. The fourth-order valence-corrected chi connectivity index (χ4v) is 2.54. The van der Waals surface area contributed by atoms with E-state index in [9.17, 15) is 4.79 Å². The number of aryl methyl sites for hydroxylation is 2. The van der Waals surface area contributed by atoms with E-state index in [0.29, 0.717) is 18.1 Å². The molecule has 0 radical (unpaired) electrons. The number of rotatable bonds is 5. The molecule has 0 atom stereocenters. The van der Waals surface area contributed by atoms with Gasteiger partial charge in [-0.15, -0.1) is 5.10 Å². The Hall–Kier alpha value is -2.96. The van der Waals surface area contributed by atoms with Gasteiger partial charge in [-0.3, -0.25) is 9.48 Å². The average molecular weight is 324 g/mol. The minimum Gasteiger partial charge on any atom is -0.304 e. The van der Waals surface area contributed by atoms with Gasteiger partial charge in [0.1, 0.15) is 0 Å². The molecule has 1 N–H and O–H groups in total. The van der Waals surface area contributed by atoms with E-state index in [2.05, 4.69) is 20.7 Å². The normalized spacial score (nSPS) is 10.8. The third-order valence-electron chi connectivity index (χ3n) is 3.90. The average Bonchev–Trinajstić information content (AvgIpc) is 3.11. The highest BCUT2D eigenvalue weighted by atomic mass is 16.2. The summed E-state index contributed by atoms with van der Waals surface area (Å²) in [6.45, 7) is 7.14. The molecule has 0 saturated carbocycles. The number of anilines is 1. The Morgan fingerprint density at radius 2 is 1.92 bits per heavy atom. The lowest BCUT2D eigenvalue weighted by Gasteiger charge is -2.04. The molecule has 7 nitrogen and oxygen atoms in total. The highest BCUT2D eigenvalue weighted by Gasteiger charge is 2.18. The van der Waals surface area contributed by atoms with Gasteiger partial charge in [0, 0.05) is 18.3 Å². The summed E-state index contributed by atoms with van der Waals surface area (Å²) in [6, 6.07) is 11.8. The van der Waals surface area contributed by atoms with Crippen molar-refractivity contribution in [1.82, 2.24) is 24.8 Å². The van der Waals surface area contributed by atoms with Gasteiger partial charge in [0.2, 0.25) is 0 Å². The zero-order valence-electron chi connectivity index (χ0n) is 14.0. The lowest BCUT2D eigenvalue weighted by Crippen LogP contribution is -2.15. The van der Waals surface area contributed by atoms with Crippen LogP contribution in [-0.2, 0) is 13.1 Å². The molecule has 0 aliphatic heterocycles. The number of carbonyl (C=O) groups is 1. The molecule has 0 unspecified atom stereocenters. The molecule has 2 aromatic heterocycles. The van der Waals surface area contributed by atoms with Gasteiger partial charge in [0.05, 0.1) is 12.2 Å². The van der Waals surface area contributed by atoms with Crippen LogP contribution in [-0.4, -0.2) is 30.7 Å². The van der Waals surface area contributed by atoms with Gasteiger partial charge >= 0.3 is 0 Å². The Labute approximate surface area is 140 Å².